The molecule has 1 saturated carbocycles. The van der Waals surface area contributed by atoms with Crippen LogP contribution in [-0.2, 0) is 9.05 Å². The molecule has 6 heteroatoms. The normalized spacial score (nSPS) is 22.2. The number of nitrogens with one attached hydrogen (secondary N) is 1. The van der Waals surface area contributed by atoms with E-state index in [9.17, 15) is 13.2 Å². The van der Waals surface area contributed by atoms with Crippen molar-refractivity contribution in [3.05, 3.63) is 29.3 Å². The van der Waals surface area contributed by atoms with E-state index in [0.29, 0.717) is 23.6 Å². The number of halogens is 1. The lowest BCUT2D eigenvalue weighted by molar-refractivity contribution is 0.0947. The Balaban J connectivity index is 2.06. The smallest absolute Gasteiger partial charge is 0.261 e. The highest BCUT2D eigenvalue weighted by atomic mass is 35.7. The van der Waals surface area contributed by atoms with Crippen LogP contribution in [0.5, 0.6) is 0 Å². The fourth-order valence-corrected chi connectivity index (χ4v) is 4.07. The summed E-state index contributed by atoms with van der Waals surface area (Å²) in [7, 11) is 1.54. The molecule has 0 spiro atoms. The third-order valence-corrected chi connectivity index (χ3v) is 5.53. The molecular weight excluding hydrogens is 310 g/mol. The summed E-state index contributed by atoms with van der Waals surface area (Å²) in [4.78, 5) is 12.1. The van der Waals surface area contributed by atoms with E-state index in [1.807, 2.05) is 0 Å². The van der Waals surface area contributed by atoms with Gasteiger partial charge >= 0.3 is 0 Å². The van der Waals surface area contributed by atoms with Gasteiger partial charge in [0.15, 0.2) is 0 Å². The van der Waals surface area contributed by atoms with Crippen molar-refractivity contribution < 1.29 is 13.2 Å². The van der Waals surface area contributed by atoms with Gasteiger partial charge in [0.1, 0.15) is 0 Å². The van der Waals surface area contributed by atoms with E-state index in [-0.39, 0.29) is 10.8 Å². The monoisotopic (exact) mass is 329 g/mol. The Labute approximate surface area is 130 Å². The third-order valence-electron chi connectivity index (χ3n) is 4.07. The summed E-state index contributed by atoms with van der Waals surface area (Å²) in [6.07, 6.45) is 3.48. The van der Waals surface area contributed by atoms with Crippen LogP contribution in [0.2, 0.25) is 0 Å². The Kier molecular flexibility index (Phi) is 4.94. The lowest BCUT2D eigenvalue weighted by Gasteiger charge is -2.12. The molecular formula is C15H20ClNO3S. The molecule has 0 heterocycles. The minimum Gasteiger partial charge on any atom is -0.352 e. The summed E-state index contributed by atoms with van der Waals surface area (Å²) in [6.45, 7) is 4.51. The van der Waals surface area contributed by atoms with Crippen LogP contribution in [0.1, 0.15) is 42.1 Å². The predicted octanol–water partition coefficient (Wildman–Crippen LogP) is 3.09. The Morgan fingerprint density at radius 1 is 1.38 bits per heavy atom. The molecule has 21 heavy (non-hydrogen) atoms. The number of rotatable bonds is 4. The lowest BCUT2D eigenvalue weighted by atomic mass is 10.1. The minimum atomic E-state index is -3.84. The van der Waals surface area contributed by atoms with E-state index in [0.717, 1.165) is 18.8 Å². The Bertz CT molecular complexity index is 642. The number of benzene rings is 1. The molecule has 2 unspecified atom stereocenters. The van der Waals surface area contributed by atoms with E-state index in [2.05, 4.69) is 12.2 Å². The molecule has 0 aliphatic heterocycles. The Morgan fingerprint density at radius 2 is 2.10 bits per heavy atom. The van der Waals surface area contributed by atoms with Crippen LogP contribution in [0.4, 0.5) is 0 Å². The summed E-state index contributed by atoms with van der Waals surface area (Å²) in [5.74, 6) is 0.987. The van der Waals surface area contributed by atoms with Gasteiger partial charge in [0.2, 0.25) is 0 Å². The second kappa shape index (κ2) is 6.36. The molecule has 0 aromatic heterocycles. The first kappa shape index (κ1) is 16.3. The van der Waals surface area contributed by atoms with Gasteiger partial charge in [-0.15, -0.1) is 0 Å². The van der Waals surface area contributed by atoms with Gasteiger partial charge in [-0.2, -0.15) is 0 Å². The number of aryl methyl sites for hydroxylation is 1. The van der Waals surface area contributed by atoms with Crippen LogP contribution in [0, 0.1) is 18.8 Å². The largest absolute Gasteiger partial charge is 0.352 e. The zero-order valence-corrected chi connectivity index (χ0v) is 13.8. The number of amides is 1. The van der Waals surface area contributed by atoms with E-state index >= 15 is 0 Å². The first-order chi connectivity index (χ1) is 9.77. The van der Waals surface area contributed by atoms with Crippen LogP contribution < -0.4 is 5.32 Å². The van der Waals surface area contributed by atoms with Crippen LogP contribution in [0.3, 0.4) is 0 Å². The molecule has 1 amide bonds. The molecule has 1 aliphatic rings. The zero-order chi connectivity index (χ0) is 15.6. The molecule has 0 saturated heterocycles. The van der Waals surface area contributed by atoms with Crippen molar-refractivity contribution in [2.45, 2.75) is 38.0 Å². The van der Waals surface area contributed by atoms with Gasteiger partial charge < -0.3 is 5.32 Å². The lowest BCUT2D eigenvalue weighted by Crippen LogP contribution is -2.28. The van der Waals surface area contributed by atoms with Crippen molar-refractivity contribution >= 4 is 25.6 Å². The molecule has 116 valence electrons. The van der Waals surface area contributed by atoms with Gasteiger partial charge in [0.05, 0.1) is 4.90 Å². The molecule has 1 N–H and O–H groups in total. The molecule has 0 bridgehead atoms. The zero-order valence-electron chi connectivity index (χ0n) is 12.2. The standard InChI is InChI=1S/C15H20ClNO3S/c1-10-3-5-12(7-10)9-17-15(18)13-6-4-11(2)14(8-13)21(16,19)20/h4,6,8,10,12H,3,5,7,9H2,1-2H3,(H,17,18). The molecule has 1 fully saturated rings. The summed E-state index contributed by atoms with van der Waals surface area (Å²) < 4.78 is 22.9. The molecule has 2 atom stereocenters. The summed E-state index contributed by atoms with van der Waals surface area (Å²) in [5, 5.41) is 2.88. The maximum absolute atomic E-state index is 12.1. The number of hydrogen-bond donors (Lipinski definition) is 1. The molecule has 1 aromatic rings. The van der Waals surface area contributed by atoms with Crippen molar-refractivity contribution in [3.8, 4) is 0 Å². The van der Waals surface area contributed by atoms with Crippen molar-refractivity contribution in [3.63, 3.8) is 0 Å². The topological polar surface area (TPSA) is 63.2 Å². The number of carbonyl (C=O) groups is 1. The second-order valence-corrected chi connectivity index (χ2v) is 8.45. The molecule has 0 radical (unpaired) electrons. The van der Waals surface area contributed by atoms with Crippen molar-refractivity contribution in [2.24, 2.45) is 11.8 Å². The van der Waals surface area contributed by atoms with Crippen LogP contribution >= 0.6 is 10.7 Å². The van der Waals surface area contributed by atoms with E-state index in [1.165, 1.54) is 12.5 Å². The molecule has 1 aromatic carbocycles. The predicted molar refractivity (Wildman–Crippen MR) is 83.1 cm³/mol. The minimum absolute atomic E-state index is 0.00805. The van der Waals surface area contributed by atoms with Crippen LogP contribution in [0.25, 0.3) is 0 Å². The number of carbonyl (C=O) groups excluding carboxylic acids is 1. The van der Waals surface area contributed by atoms with Gasteiger partial charge in [-0.1, -0.05) is 19.4 Å². The second-order valence-electron chi connectivity index (χ2n) is 5.91. The maximum Gasteiger partial charge on any atom is 0.261 e. The SMILES string of the molecule is Cc1ccc(C(=O)NCC2CCC(C)C2)cc1S(=O)(=O)Cl. The molecule has 2 rings (SSSR count). The van der Waals surface area contributed by atoms with Gasteiger partial charge in [-0.05, 0) is 49.3 Å². The van der Waals surface area contributed by atoms with Gasteiger partial charge in [0, 0.05) is 22.8 Å². The third kappa shape index (κ3) is 4.20. The fraction of sp³-hybridized carbons (Fsp3) is 0.533. The quantitative estimate of drug-likeness (QED) is 0.863. The van der Waals surface area contributed by atoms with Crippen molar-refractivity contribution in [1.29, 1.82) is 0 Å². The first-order valence-electron chi connectivity index (χ1n) is 7.11. The summed E-state index contributed by atoms with van der Waals surface area (Å²) in [6, 6.07) is 4.56. The van der Waals surface area contributed by atoms with E-state index in [4.69, 9.17) is 10.7 Å². The van der Waals surface area contributed by atoms with Crippen LogP contribution in [0.15, 0.2) is 23.1 Å². The highest BCUT2D eigenvalue weighted by Crippen LogP contribution is 2.29. The fourth-order valence-electron chi connectivity index (χ4n) is 2.85. The van der Waals surface area contributed by atoms with E-state index < -0.39 is 9.05 Å². The van der Waals surface area contributed by atoms with Gasteiger partial charge in [-0.3, -0.25) is 4.79 Å². The van der Waals surface area contributed by atoms with Gasteiger partial charge in [-0.25, -0.2) is 8.42 Å². The Morgan fingerprint density at radius 3 is 2.67 bits per heavy atom. The average molecular weight is 330 g/mol. The first-order valence-corrected chi connectivity index (χ1v) is 9.42. The number of hydrogen-bond acceptors (Lipinski definition) is 3. The van der Waals surface area contributed by atoms with E-state index in [1.54, 1.807) is 19.1 Å². The summed E-state index contributed by atoms with van der Waals surface area (Å²) >= 11 is 0. The molecule has 1 aliphatic carbocycles. The van der Waals surface area contributed by atoms with Gasteiger partial charge in [0.25, 0.3) is 15.0 Å². The highest BCUT2D eigenvalue weighted by molar-refractivity contribution is 8.13. The molecule has 4 nitrogen and oxygen atoms in total. The summed E-state index contributed by atoms with van der Waals surface area (Å²) in [5.41, 5.74) is 0.858. The van der Waals surface area contributed by atoms with Crippen LogP contribution in [-0.4, -0.2) is 20.9 Å². The Hall–Kier alpha value is -1.07. The van der Waals surface area contributed by atoms with Crippen molar-refractivity contribution in [1.82, 2.24) is 5.32 Å². The maximum atomic E-state index is 12.1. The van der Waals surface area contributed by atoms with Crippen molar-refractivity contribution in [2.75, 3.05) is 6.54 Å². The highest BCUT2D eigenvalue weighted by Gasteiger charge is 2.22. The average Bonchev–Trinajstić information content (AvgIpc) is 2.81.